The minimum Gasteiger partial charge on any atom is -0.381 e. The second kappa shape index (κ2) is 8.83. The molecular weight excluding hydrogens is 318 g/mol. The maximum absolute atomic E-state index is 11.6. The van der Waals surface area contributed by atoms with E-state index in [-0.39, 0.29) is 12.5 Å². The van der Waals surface area contributed by atoms with Gasteiger partial charge in [-0.2, -0.15) is 0 Å². The molecule has 1 aromatic heterocycles. The van der Waals surface area contributed by atoms with E-state index in [1.54, 1.807) is 19.0 Å². The Labute approximate surface area is 150 Å². The van der Waals surface area contributed by atoms with Crippen molar-refractivity contribution in [3.8, 4) is 0 Å². The highest BCUT2D eigenvalue weighted by Crippen LogP contribution is 2.26. The van der Waals surface area contributed by atoms with Crippen molar-refractivity contribution in [1.82, 2.24) is 14.4 Å². The summed E-state index contributed by atoms with van der Waals surface area (Å²) in [5.41, 5.74) is 1.38. The van der Waals surface area contributed by atoms with Crippen molar-refractivity contribution in [3.63, 3.8) is 0 Å². The van der Waals surface area contributed by atoms with Crippen LogP contribution in [0.25, 0.3) is 0 Å². The van der Waals surface area contributed by atoms with Gasteiger partial charge in [0.2, 0.25) is 5.91 Å². The summed E-state index contributed by atoms with van der Waals surface area (Å²) in [7, 11) is 3.51. The molecule has 140 valence electrons. The molecule has 2 aliphatic heterocycles. The number of ether oxygens (including phenoxy) is 2. The van der Waals surface area contributed by atoms with Gasteiger partial charge >= 0.3 is 0 Å². The fourth-order valence-corrected chi connectivity index (χ4v) is 3.77. The lowest BCUT2D eigenvalue weighted by molar-refractivity contribution is -0.133. The molecular formula is C19H31N3O3. The van der Waals surface area contributed by atoms with Gasteiger partial charge in [-0.3, -0.25) is 9.69 Å². The summed E-state index contributed by atoms with van der Waals surface area (Å²) in [6, 6.07) is 4.78. The number of hydrogen-bond donors (Lipinski definition) is 0. The lowest BCUT2D eigenvalue weighted by atomic mass is 9.98. The van der Waals surface area contributed by atoms with Crippen LogP contribution in [0.4, 0.5) is 0 Å². The molecule has 0 spiro atoms. The first-order chi connectivity index (χ1) is 12.1. The van der Waals surface area contributed by atoms with Crippen LogP contribution in [-0.4, -0.2) is 73.9 Å². The van der Waals surface area contributed by atoms with Crippen molar-refractivity contribution < 1.29 is 14.3 Å². The summed E-state index contributed by atoms with van der Waals surface area (Å²) in [6.45, 7) is 5.85. The predicted molar refractivity (Wildman–Crippen MR) is 96.4 cm³/mol. The zero-order valence-corrected chi connectivity index (χ0v) is 15.5. The van der Waals surface area contributed by atoms with Gasteiger partial charge in [0.15, 0.2) is 0 Å². The van der Waals surface area contributed by atoms with Crippen molar-refractivity contribution in [2.75, 3.05) is 53.6 Å². The second-order valence-electron chi connectivity index (χ2n) is 7.44. The van der Waals surface area contributed by atoms with Gasteiger partial charge in [-0.1, -0.05) is 0 Å². The molecule has 1 unspecified atom stereocenters. The zero-order valence-electron chi connectivity index (χ0n) is 15.5. The number of amides is 1. The summed E-state index contributed by atoms with van der Waals surface area (Å²) in [6.07, 6.45) is 5.47. The first-order valence-electron chi connectivity index (χ1n) is 9.37. The number of aromatic nitrogens is 1. The summed E-state index contributed by atoms with van der Waals surface area (Å²) >= 11 is 0. The lowest BCUT2D eigenvalue weighted by Gasteiger charge is -2.37. The molecule has 0 aliphatic carbocycles. The fourth-order valence-electron chi connectivity index (χ4n) is 3.77. The van der Waals surface area contributed by atoms with Gasteiger partial charge < -0.3 is 18.9 Å². The van der Waals surface area contributed by atoms with E-state index in [2.05, 4.69) is 27.8 Å². The summed E-state index contributed by atoms with van der Waals surface area (Å²) < 4.78 is 13.5. The van der Waals surface area contributed by atoms with Crippen LogP contribution in [-0.2, 0) is 20.8 Å². The first kappa shape index (κ1) is 18.4. The smallest absolute Gasteiger partial charge is 0.248 e. The molecule has 6 nitrogen and oxygen atoms in total. The standard InChI is InChI=1S/C19H31N3O3/c1-20(2)19(23)15-25-11-7-18-14-21(12-16-5-9-24-10-6-16)13-17-4-3-8-22(17)18/h3-4,8,16,18H,5-7,9-15H2,1-2H3. The van der Waals surface area contributed by atoms with Gasteiger partial charge in [0.1, 0.15) is 6.61 Å². The van der Waals surface area contributed by atoms with E-state index in [1.807, 2.05) is 0 Å². The zero-order chi connectivity index (χ0) is 17.6. The average Bonchev–Trinajstić information content (AvgIpc) is 3.07. The van der Waals surface area contributed by atoms with Crippen LogP contribution in [0.1, 0.15) is 31.0 Å². The molecule has 3 heterocycles. The number of carbonyl (C=O) groups is 1. The Kier molecular flexibility index (Phi) is 6.51. The Balaban J connectivity index is 1.50. The van der Waals surface area contributed by atoms with Crippen molar-refractivity contribution in [2.45, 2.75) is 31.8 Å². The van der Waals surface area contributed by atoms with E-state index in [4.69, 9.17) is 9.47 Å². The quantitative estimate of drug-likeness (QED) is 0.704. The highest BCUT2D eigenvalue weighted by molar-refractivity contribution is 5.76. The molecule has 1 aromatic rings. The van der Waals surface area contributed by atoms with Crippen molar-refractivity contribution >= 4 is 5.91 Å². The van der Waals surface area contributed by atoms with E-state index in [1.165, 1.54) is 18.5 Å². The number of carbonyl (C=O) groups excluding carboxylic acids is 1. The van der Waals surface area contributed by atoms with Crippen LogP contribution >= 0.6 is 0 Å². The molecule has 6 heteroatoms. The van der Waals surface area contributed by atoms with Gasteiger partial charge in [-0.25, -0.2) is 0 Å². The van der Waals surface area contributed by atoms with Crippen LogP contribution in [0.3, 0.4) is 0 Å². The topological polar surface area (TPSA) is 46.9 Å². The molecule has 0 aromatic carbocycles. The molecule has 1 saturated heterocycles. The summed E-state index contributed by atoms with van der Waals surface area (Å²) in [5, 5.41) is 0. The highest BCUT2D eigenvalue weighted by atomic mass is 16.5. The van der Waals surface area contributed by atoms with Crippen LogP contribution in [0.2, 0.25) is 0 Å². The van der Waals surface area contributed by atoms with E-state index in [9.17, 15) is 4.79 Å². The van der Waals surface area contributed by atoms with Gasteiger partial charge in [0, 0.05) is 71.5 Å². The largest absolute Gasteiger partial charge is 0.381 e. The van der Waals surface area contributed by atoms with Crippen molar-refractivity contribution in [1.29, 1.82) is 0 Å². The predicted octanol–water partition coefficient (Wildman–Crippen LogP) is 1.77. The second-order valence-corrected chi connectivity index (χ2v) is 7.44. The maximum atomic E-state index is 11.6. The van der Waals surface area contributed by atoms with Gasteiger partial charge in [-0.15, -0.1) is 0 Å². The Morgan fingerprint density at radius 1 is 1.36 bits per heavy atom. The molecule has 0 bridgehead atoms. The van der Waals surface area contributed by atoms with E-state index < -0.39 is 0 Å². The average molecular weight is 349 g/mol. The van der Waals surface area contributed by atoms with Gasteiger partial charge in [0.05, 0.1) is 0 Å². The first-order valence-corrected chi connectivity index (χ1v) is 9.37. The molecule has 1 amide bonds. The minimum atomic E-state index is 0.0199. The number of likely N-dealkylation sites (N-methyl/N-ethyl adjacent to an activating group) is 1. The van der Waals surface area contributed by atoms with E-state index in [0.29, 0.717) is 12.6 Å². The van der Waals surface area contributed by atoms with Gasteiger partial charge in [0.25, 0.3) is 0 Å². The van der Waals surface area contributed by atoms with Crippen molar-refractivity contribution in [3.05, 3.63) is 24.0 Å². The third-order valence-electron chi connectivity index (χ3n) is 5.29. The number of fused-ring (bicyclic) bond motifs is 1. The lowest BCUT2D eigenvalue weighted by Crippen LogP contribution is -2.41. The molecule has 0 radical (unpaired) electrons. The summed E-state index contributed by atoms with van der Waals surface area (Å²) in [4.78, 5) is 15.8. The number of hydrogen-bond acceptors (Lipinski definition) is 4. The van der Waals surface area contributed by atoms with Crippen LogP contribution < -0.4 is 0 Å². The third kappa shape index (κ3) is 5.06. The molecule has 1 atom stereocenters. The Hall–Kier alpha value is -1.37. The molecule has 2 aliphatic rings. The molecule has 1 fully saturated rings. The van der Waals surface area contributed by atoms with E-state index >= 15 is 0 Å². The van der Waals surface area contributed by atoms with Crippen molar-refractivity contribution in [2.24, 2.45) is 5.92 Å². The maximum Gasteiger partial charge on any atom is 0.248 e. The fraction of sp³-hybridized carbons (Fsp3) is 0.737. The SMILES string of the molecule is CN(C)C(=O)COCCC1CN(CC2CCOCC2)Cc2cccn21. The Morgan fingerprint density at radius 2 is 2.16 bits per heavy atom. The summed E-state index contributed by atoms with van der Waals surface area (Å²) in [5.74, 6) is 0.774. The number of rotatable bonds is 7. The molecule has 0 N–H and O–H groups in total. The molecule has 0 saturated carbocycles. The Bertz CT molecular complexity index is 552. The van der Waals surface area contributed by atoms with E-state index in [0.717, 1.165) is 45.2 Å². The minimum absolute atomic E-state index is 0.0199. The van der Waals surface area contributed by atoms with Crippen LogP contribution in [0.15, 0.2) is 18.3 Å². The highest BCUT2D eigenvalue weighted by Gasteiger charge is 2.26. The number of nitrogens with zero attached hydrogens (tertiary/aromatic N) is 3. The molecule has 25 heavy (non-hydrogen) atoms. The normalized spacial score (nSPS) is 21.9. The van der Waals surface area contributed by atoms with Crippen LogP contribution in [0.5, 0.6) is 0 Å². The van der Waals surface area contributed by atoms with Crippen LogP contribution in [0, 0.1) is 5.92 Å². The van der Waals surface area contributed by atoms with Gasteiger partial charge in [-0.05, 0) is 37.3 Å². The molecule has 3 rings (SSSR count). The monoisotopic (exact) mass is 349 g/mol. The third-order valence-corrected chi connectivity index (χ3v) is 5.29. The Morgan fingerprint density at radius 3 is 2.92 bits per heavy atom.